The molecule has 0 aromatic carbocycles. The Bertz CT molecular complexity index is 560. The van der Waals surface area contributed by atoms with Crippen LogP contribution in [0.4, 0.5) is 13.2 Å². The Morgan fingerprint density at radius 3 is 2.52 bits per heavy atom. The van der Waals surface area contributed by atoms with Gasteiger partial charge in [-0.1, -0.05) is 0 Å². The van der Waals surface area contributed by atoms with Crippen molar-refractivity contribution in [3.8, 4) is 0 Å². The maximum Gasteiger partial charge on any atom is 0.403 e. The second kappa shape index (κ2) is 8.55. The van der Waals surface area contributed by atoms with Crippen molar-refractivity contribution in [2.24, 2.45) is 12.0 Å². The fraction of sp³-hybridized carbons (Fsp3) is 0.750. The summed E-state index contributed by atoms with van der Waals surface area (Å²) in [6.07, 6.45) is 0.387. The van der Waals surface area contributed by atoms with E-state index >= 15 is 0 Å². The van der Waals surface area contributed by atoms with Crippen molar-refractivity contribution in [2.45, 2.75) is 32.5 Å². The second-order valence-electron chi connectivity index (χ2n) is 6.25. The summed E-state index contributed by atoms with van der Waals surface area (Å²) in [5, 5.41) is 7.36. The Labute approximate surface area is 146 Å². The zero-order valence-corrected chi connectivity index (χ0v) is 15.1. The molecule has 9 heteroatoms. The van der Waals surface area contributed by atoms with Crippen LogP contribution in [-0.2, 0) is 13.5 Å². The van der Waals surface area contributed by atoms with Gasteiger partial charge in [0.15, 0.2) is 5.96 Å². The summed E-state index contributed by atoms with van der Waals surface area (Å²) in [6, 6.07) is -1.40. The predicted molar refractivity (Wildman–Crippen MR) is 91.6 cm³/mol. The van der Waals surface area contributed by atoms with Crippen LogP contribution in [0.15, 0.2) is 17.4 Å². The lowest BCUT2D eigenvalue weighted by molar-refractivity contribution is -0.181. The third-order valence-corrected chi connectivity index (χ3v) is 4.39. The van der Waals surface area contributed by atoms with Crippen molar-refractivity contribution in [2.75, 3.05) is 39.3 Å². The van der Waals surface area contributed by atoms with Gasteiger partial charge in [-0.05, 0) is 25.8 Å². The Hall–Kier alpha value is -1.77. The molecule has 1 unspecified atom stereocenters. The number of rotatable bonds is 5. The topological polar surface area (TPSA) is 48.7 Å². The van der Waals surface area contributed by atoms with Crippen molar-refractivity contribution in [1.82, 2.24) is 24.9 Å². The summed E-state index contributed by atoms with van der Waals surface area (Å²) in [7, 11) is 1.87. The minimum Gasteiger partial charge on any atom is -0.357 e. The highest BCUT2D eigenvalue weighted by atomic mass is 19.4. The Morgan fingerprint density at radius 1 is 1.32 bits per heavy atom. The molecule has 142 valence electrons. The van der Waals surface area contributed by atoms with Gasteiger partial charge in [0.05, 0.1) is 6.20 Å². The van der Waals surface area contributed by atoms with Gasteiger partial charge in [-0.2, -0.15) is 18.3 Å². The molecular weight excluding hydrogens is 333 g/mol. The van der Waals surface area contributed by atoms with E-state index in [1.807, 2.05) is 31.3 Å². The van der Waals surface area contributed by atoms with E-state index in [0.717, 1.165) is 24.5 Å². The standard InChI is InChI=1S/C16H27F3N6/c1-4-20-15(21-6-5-14-11-22-23(3)12-14)25-9-7-24(8-10-25)13(2)16(17,18)19/h11-13H,4-10H2,1-3H3,(H,20,21). The highest BCUT2D eigenvalue weighted by Gasteiger charge is 2.41. The maximum absolute atomic E-state index is 12.8. The summed E-state index contributed by atoms with van der Waals surface area (Å²) >= 11 is 0. The van der Waals surface area contributed by atoms with E-state index in [1.54, 1.807) is 4.68 Å². The van der Waals surface area contributed by atoms with Crippen LogP contribution in [0.2, 0.25) is 0 Å². The van der Waals surface area contributed by atoms with Gasteiger partial charge in [0.2, 0.25) is 0 Å². The largest absolute Gasteiger partial charge is 0.403 e. The van der Waals surface area contributed by atoms with E-state index in [2.05, 4.69) is 15.4 Å². The normalized spacial score (nSPS) is 18.5. The fourth-order valence-electron chi connectivity index (χ4n) is 2.85. The summed E-state index contributed by atoms with van der Waals surface area (Å²) in [6.45, 7) is 6.40. The third-order valence-electron chi connectivity index (χ3n) is 4.39. The molecule has 0 aliphatic carbocycles. The SMILES string of the molecule is CCNC(=NCCc1cnn(C)c1)N1CCN(C(C)C(F)(F)F)CC1. The first-order valence-corrected chi connectivity index (χ1v) is 8.62. The molecule has 2 heterocycles. The van der Waals surface area contributed by atoms with Crippen LogP contribution in [0.5, 0.6) is 0 Å². The summed E-state index contributed by atoms with van der Waals surface area (Å²) in [5.41, 5.74) is 1.12. The molecule has 1 saturated heterocycles. The van der Waals surface area contributed by atoms with Crippen LogP contribution in [-0.4, -0.2) is 77.0 Å². The van der Waals surface area contributed by atoms with Gasteiger partial charge in [0, 0.05) is 52.5 Å². The Morgan fingerprint density at radius 2 is 2.00 bits per heavy atom. The van der Waals surface area contributed by atoms with Gasteiger partial charge in [0.1, 0.15) is 6.04 Å². The number of aromatic nitrogens is 2. The first-order valence-electron chi connectivity index (χ1n) is 8.62. The first kappa shape index (κ1) is 19.6. The number of alkyl halides is 3. The number of nitrogens with one attached hydrogen (secondary N) is 1. The molecule has 6 nitrogen and oxygen atoms in total. The van der Waals surface area contributed by atoms with Crippen LogP contribution in [0.3, 0.4) is 0 Å². The fourth-order valence-corrected chi connectivity index (χ4v) is 2.85. The van der Waals surface area contributed by atoms with E-state index in [-0.39, 0.29) is 0 Å². The number of hydrogen-bond acceptors (Lipinski definition) is 3. The monoisotopic (exact) mass is 360 g/mol. The van der Waals surface area contributed by atoms with Crippen molar-refractivity contribution in [1.29, 1.82) is 0 Å². The van der Waals surface area contributed by atoms with Crippen LogP contribution in [0, 0.1) is 0 Å². The Balaban J connectivity index is 1.89. The number of nitrogens with zero attached hydrogens (tertiary/aromatic N) is 5. The molecule has 1 aliphatic rings. The van der Waals surface area contributed by atoms with Gasteiger partial charge in [-0.3, -0.25) is 14.6 Å². The molecule has 0 radical (unpaired) electrons. The molecule has 0 amide bonds. The average molecular weight is 360 g/mol. The highest BCUT2D eigenvalue weighted by Crippen LogP contribution is 2.25. The molecule has 1 atom stereocenters. The smallest absolute Gasteiger partial charge is 0.357 e. The molecule has 1 aliphatic heterocycles. The summed E-state index contributed by atoms with van der Waals surface area (Å²) in [4.78, 5) is 8.13. The molecular formula is C16H27F3N6. The van der Waals surface area contributed by atoms with E-state index in [9.17, 15) is 13.2 Å². The minimum absolute atomic E-state index is 0.383. The average Bonchev–Trinajstić information content (AvgIpc) is 2.98. The molecule has 0 bridgehead atoms. The lowest BCUT2D eigenvalue weighted by atomic mass is 10.2. The molecule has 2 rings (SSSR count). The second-order valence-corrected chi connectivity index (χ2v) is 6.25. The van der Waals surface area contributed by atoms with Crippen molar-refractivity contribution in [3.63, 3.8) is 0 Å². The van der Waals surface area contributed by atoms with Crippen LogP contribution in [0.1, 0.15) is 19.4 Å². The number of piperazine rings is 1. The van der Waals surface area contributed by atoms with Crippen molar-refractivity contribution >= 4 is 5.96 Å². The minimum atomic E-state index is -4.18. The van der Waals surface area contributed by atoms with Gasteiger partial charge in [-0.15, -0.1) is 0 Å². The summed E-state index contributed by atoms with van der Waals surface area (Å²) < 4.78 is 40.3. The van der Waals surface area contributed by atoms with Gasteiger partial charge >= 0.3 is 6.18 Å². The highest BCUT2D eigenvalue weighted by molar-refractivity contribution is 5.80. The van der Waals surface area contributed by atoms with Crippen molar-refractivity contribution in [3.05, 3.63) is 18.0 Å². The van der Waals surface area contributed by atoms with Gasteiger partial charge in [-0.25, -0.2) is 0 Å². The van der Waals surface area contributed by atoms with Crippen molar-refractivity contribution < 1.29 is 13.2 Å². The number of aryl methyl sites for hydroxylation is 1. The van der Waals surface area contributed by atoms with E-state index in [4.69, 9.17) is 0 Å². The number of hydrogen-bond donors (Lipinski definition) is 1. The number of guanidine groups is 1. The zero-order valence-electron chi connectivity index (χ0n) is 15.1. The van der Waals surface area contributed by atoms with Gasteiger partial charge < -0.3 is 10.2 Å². The van der Waals surface area contributed by atoms with Crippen LogP contribution >= 0.6 is 0 Å². The molecule has 1 aromatic heterocycles. The van der Waals surface area contributed by atoms with Gasteiger partial charge in [0.25, 0.3) is 0 Å². The van der Waals surface area contributed by atoms with E-state index < -0.39 is 12.2 Å². The quantitative estimate of drug-likeness (QED) is 0.639. The zero-order chi connectivity index (χ0) is 18.4. The molecule has 1 fully saturated rings. The van der Waals surface area contributed by atoms with E-state index in [0.29, 0.717) is 32.7 Å². The lowest BCUT2D eigenvalue weighted by Crippen LogP contribution is -2.56. The molecule has 0 saturated carbocycles. The van der Waals surface area contributed by atoms with Crippen LogP contribution < -0.4 is 5.32 Å². The Kier molecular flexibility index (Phi) is 6.69. The van der Waals surface area contributed by atoms with Crippen LogP contribution in [0.25, 0.3) is 0 Å². The molecule has 0 spiro atoms. The van der Waals surface area contributed by atoms with E-state index in [1.165, 1.54) is 11.8 Å². The molecule has 1 N–H and O–H groups in total. The third kappa shape index (κ3) is 5.62. The first-order chi connectivity index (χ1) is 11.8. The predicted octanol–water partition coefficient (Wildman–Crippen LogP) is 1.50. The molecule has 25 heavy (non-hydrogen) atoms. The number of aliphatic imine (C=N–C) groups is 1. The molecule has 1 aromatic rings. The summed E-state index contributed by atoms with van der Waals surface area (Å²) in [5.74, 6) is 0.769. The maximum atomic E-state index is 12.8. The lowest BCUT2D eigenvalue weighted by Gasteiger charge is -2.39. The number of halogens is 3.